The van der Waals surface area contributed by atoms with Gasteiger partial charge in [0.2, 0.25) is 0 Å². The number of methoxy groups -OCH3 is 1. The van der Waals surface area contributed by atoms with Crippen LogP contribution in [0.1, 0.15) is 16.1 Å². The van der Waals surface area contributed by atoms with Gasteiger partial charge in [0.25, 0.3) is 5.91 Å². The lowest BCUT2D eigenvalue weighted by Crippen LogP contribution is -2.21. The van der Waals surface area contributed by atoms with E-state index in [-0.39, 0.29) is 5.91 Å². The number of carbonyl (C=O) groups excluding carboxylic acids is 1. The van der Waals surface area contributed by atoms with Gasteiger partial charge in [0.05, 0.1) is 24.7 Å². The minimum Gasteiger partial charge on any atom is -0.495 e. The maximum absolute atomic E-state index is 12.4. The van der Waals surface area contributed by atoms with Gasteiger partial charge < -0.3 is 20.3 Å². The molecule has 0 atom stereocenters. The average molecular weight is 328 g/mol. The number of likely N-dealkylation sites (N-methyl/N-ethyl adjacent to an activating group) is 1. The third-order valence-electron chi connectivity index (χ3n) is 3.49. The molecular weight excluding hydrogens is 304 g/mol. The van der Waals surface area contributed by atoms with E-state index in [2.05, 4.69) is 20.5 Å². The van der Waals surface area contributed by atoms with Crippen molar-refractivity contribution in [1.29, 1.82) is 0 Å². The zero-order valence-electron chi connectivity index (χ0n) is 14.6. The van der Waals surface area contributed by atoms with Crippen LogP contribution in [0.5, 0.6) is 5.75 Å². The number of ether oxygens (including phenoxy) is 1. The van der Waals surface area contributed by atoms with E-state index in [9.17, 15) is 4.79 Å². The quantitative estimate of drug-likeness (QED) is 0.818. The monoisotopic (exact) mass is 328 g/mol. The minimum atomic E-state index is -0.265. The summed E-state index contributed by atoms with van der Waals surface area (Å²) in [7, 11) is 5.62. The molecule has 6 heteroatoms. The Labute approximate surface area is 142 Å². The second-order valence-electron chi connectivity index (χ2n) is 5.82. The molecule has 0 saturated carbocycles. The van der Waals surface area contributed by atoms with Crippen molar-refractivity contribution in [2.24, 2.45) is 0 Å². The summed E-state index contributed by atoms with van der Waals surface area (Å²) in [6.07, 6.45) is 1.66. The molecule has 0 radical (unpaired) electrons. The summed E-state index contributed by atoms with van der Waals surface area (Å²) in [5.74, 6) is 0.356. The van der Waals surface area contributed by atoms with Crippen LogP contribution in [-0.2, 0) is 0 Å². The van der Waals surface area contributed by atoms with Crippen molar-refractivity contribution in [3.63, 3.8) is 0 Å². The lowest BCUT2D eigenvalue weighted by molar-refractivity contribution is 0.102. The molecule has 2 N–H and O–H groups in total. The molecule has 1 amide bonds. The number of aromatic nitrogens is 1. The molecule has 0 aliphatic rings. The van der Waals surface area contributed by atoms with E-state index < -0.39 is 0 Å². The van der Waals surface area contributed by atoms with Gasteiger partial charge in [-0.2, -0.15) is 0 Å². The second kappa shape index (κ2) is 8.31. The number of nitrogens with zero attached hydrogens (tertiary/aromatic N) is 2. The molecule has 1 heterocycles. The summed E-state index contributed by atoms with van der Waals surface area (Å²) in [5.41, 5.74) is 2.93. The molecule has 0 saturated heterocycles. The largest absolute Gasteiger partial charge is 0.495 e. The first-order valence-corrected chi connectivity index (χ1v) is 7.80. The molecule has 24 heavy (non-hydrogen) atoms. The zero-order chi connectivity index (χ0) is 17.5. The molecule has 6 nitrogen and oxygen atoms in total. The number of amides is 1. The maximum atomic E-state index is 12.4. The number of nitrogens with one attached hydrogen (secondary N) is 2. The molecule has 0 aliphatic heterocycles. The van der Waals surface area contributed by atoms with Gasteiger partial charge in [-0.05, 0) is 50.8 Å². The lowest BCUT2D eigenvalue weighted by atomic mass is 10.2. The normalized spacial score (nSPS) is 10.5. The Kier molecular flexibility index (Phi) is 6.14. The number of aryl methyl sites for hydroxylation is 1. The molecule has 0 unspecified atom stereocenters. The van der Waals surface area contributed by atoms with E-state index >= 15 is 0 Å². The van der Waals surface area contributed by atoms with E-state index in [1.807, 2.05) is 45.3 Å². The van der Waals surface area contributed by atoms with Crippen LogP contribution in [-0.4, -0.2) is 50.1 Å². The van der Waals surface area contributed by atoms with Gasteiger partial charge in [-0.1, -0.05) is 6.07 Å². The molecule has 128 valence electrons. The Morgan fingerprint density at radius 3 is 2.67 bits per heavy atom. The van der Waals surface area contributed by atoms with E-state index in [4.69, 9.17) is 4.74 Å². The number of anilines is 2. The van der Waals surface area contributed by atoms with Crippen LogP contribution in [0.25, 0.3) is 0 Å². The van der Waals surface area contributed by atoms with Gasteiger partial charge >= 0.3 is 0 Å². The first kappa shape index (κ1) is 17.7. The molecule has 0 fully saturated rings. The van der Waals surface area contributed by atoms with E-state index in [1.165, 1.54) is 0 Å². The Balaban J connectivity index is 2.01. The predicted octanol–water partition coefficient (Wildman–Crippen LogP) is 2.62. The van der Waals surface area contributed by atoms with E-state index in [0.29, 0.717) is 17.1 Å². The van der Waals surface area contributed by atoms with Crippen LogP contribution in [0.2, 0.25) is 0 Å². The van der Waals surface area contributed by atoms with Crippen LogP contribution in [0.15, 0.2) is 36.5 Å². The van der Waals surface area contributed by atoms with Crippen LogP contribution in [0.3, 0.4) is 0 Å². The van der Waals surface area contributed by atoms with Crippen LogP contribution in [0, 0.1) is 6.92 Å². The van der Waals surface area contributed by atoms with E-state index in [0.717, 1.165) is 24.3 Å². The maximum Gasteiger partial charge on any atom is 0.274 e. The van der Waals surface area contributed by atoms with Crippen molar-refractivity contribution in [2.75, 3.05) is 44.9 Å². The van der Waals surface area contributed by atoms with Gasteiger partial charge in [0, 0.05) is 13.1 Å². The van der Waals surface area contributed by atoms with Crippen molar-refractivity contribution in [3.05, 3.63) is 47.8 Å². The Hall–Kier alpha value is -2.60. The highest BCUT2D eigenvalue weighted by molar-refractivity contribution is 6.03. The summed E-state index contributed by atoms with van der Waals surface area (Å²) in [6.45, 7) is 3.71. The molecule has 1 aromatic carbocycles. The number of rotatable bonds is 7. The topological polar surface area (TPSA) is 66.5 Å². The Morgan fingerprint density at radius 2 is 2.04 bits per heavy atom. The van der Waals surface area contributed by atoms with Crippen molar-refractivity contribution in [1.82, 2.24) is 9.88 Å². The first-order chi connectivity index (χ1) is 11.5. The first-order valence-electron chi connectivity index (χ1n) is 7.80. The fourth-order valence-corrected chi connectivity index (χ4v) is 2.16. The van der Waals surface area contributed by atoms with E-state index in [1.54, 1.807) is 19.4 Å². The third-order valence-corrected chi connectivity index (χ3v) is 3.49. The fraction of sp³-hybridized carbons (Fsp3) is 0.333. The SMILES string of the molecule is COc1ccc(C)cc1NC(=O)c1ccc(NCCN(C)C)cn1. The highest BCUT2D eigenvalue weighted by atomic mass is 16.5. The van der Waals surface area contributed by atoms with Gasteiger partial charge in [-0.25, -0.2) is 4.98 Å². The Morgan fingerprint density at radius 1 is 1.25 bits per heavy atom. The number of pyridine rings is 1. The third kappa shape index (κ3) is 4.96. The standard InChI is InChI=1S/C18H24N4O2/c1-13-5-8-17(24-4)16(11-13)21-18(23)15-7-6-14(12-20-15)19-9-10-22(2)3/h5-8,11-12,19H,9-10H2,1-4H3,(H,21,23). The van der Waals surface area contributed by atoms with Crippen LogP contribution < -0.4 is 15.4 Å². The van der Waals surface area contributed by atoms with Gasteiger partial charge in [-0.3, -0.25) is 4.79 Å². The van der Waals surface area contributed by atoms with Crippen LogP contribution >= 0.6 is 0 Å². The molecule has 0 bridgehead atoms. The molecular formula is C18H24N4O2. The van der Waals surface area contributed by atoms with Gasteiger partial charge in [-0.15, -0.1) is 0 Å². The predicted molar refractivity (Wildman–Crippen MR) is 97.0 cm³/mol. The molecule has 0 spiro atoms. The molecule has 2 aromatic rings. The summed E-state index contributed by atoms with van der Waals surface area (Å²) < 4.78 is 5.27. The van der Waals surface area contributed by atoms with Gasteiger partial charge in [0.15, 0.2) is 0 Å². The number of hydrogen-bond acceptors (Lipinski definition) is 5. The van der Waals surface area contributed by atoms with Crippen molar-refractivity contribution >= 4 is 17.3 Å². The van der Waals surface area contributed by atoms with Crippen molar-refractivity contribution in [2.45, 2.75) is 6.92 Å². The average Bonchev–Trinajstić information content (AvgIpc) is 2.55. The summed E-state index contributed by atoms with van der Waals surface area (Å²) in [4.78, 5) is 18.7. The van der Waals surface area contributed by atoms with Crippen LogP contribution in [0.4, 0.5) is 11.4 Å². The molecule has 0 aliphatic carbocycles. The van der Waals surface area contributed by atoms with Gasteiger partial charge in [0.1, 0.15) is 11.4 Å². The fourth-order valence-electron chi connectivity index (χ4n) is 2.16. The number of benzene rings is 1. The summed E-state index contributed by atoms with van der Waals surface area (Å²) >= 11 is 0. The highest BCUT2D eigenvalue weighted by Crippen LogP contribution is 2.25. The second-order valence-corrected chi connectivity index (χ2v) is 5.82. The highest BCUT2D eigenvalue weighted by Gasteiger charge is 2.11. The number of carbonyl (C=O) groups is 1. The molecule has 1 aromatic heterocycles. The Bertz CT molecular complexity index is 684. The lowest BCUT2D eigenvalue weighted by Gasteiger charge is -2.12. The molecule has 2 rings (SSSR count). The van der Waals surface area contributed by atoms with Crippen molar-refractivity contribution in [3.8, 4) is 5.75 Å². The summed E-state index contributed by atoms with van der Waals surface area (Å²) in [6, 6.07) is 9.19. The summed E-state index contributed by atoms with van der Waals surface area (Å²) in [5, 5.41) is 6.10. The minimum absolute atomic E-state index is 0.265. The smallest absolute Gasteiger partial charge is 0.274 e. The zero-order valence-corrected chi connectivity index (χ0v) is 14.6. The number of hydrogen-bond donors (Lipinski definition) is 2. The van der Waals surface area contributed by atoms with Crippen molar-refractivity contribution < 1.29 is 9.53 Å².